The molecule has 108 valence electrons. The molecule has 0 saturated carbocycles. The van der Waals surface area contributed by atoms with E-state index in [0.29, 0.717) is 24.8 Å². The number of hydrogen-bond acceptors (Lipinski definition) is 3. The van der Waals surface area contributed by atoms with Crippen LogP contribution in [-0.4, -0.2) is 29.8 Å². The average Bonchev–Trinajstić information content (AvgIpc) is 2.87. The van der Waals surface area contributed by atoms with Gasteiger partial charge in [-0.3, -0.25) is 4.57 Å². The van der Waals surface area contributed by atoms with Crippen LogP contribution < -0.4 is 5.32 Å². The van der Waals surface area contributed by atoms with E-state index in [-0.39, 0.29) is 0 Å². The first kappa shape index (κ1) is 14.4. The Morgan fingerprint density at radius 3 is 2.85 bits per heavy atom. The maximum atomic E-state index is 12.7. The number of nitrogens with one attached hydrogen (secondary N) is 1. The molecule has 7 heteroatoms. The molecule has 0 atom stereocenters. The quantitative estimate of drug-likeness (QED) is 0.858. The first-order valence-corrected chi connectivity index (χ1v) is 5.96. The number of methoxy groups -OCH3 is 1. The molecule has 0 aliphatic carbocycles. The van der Waals surface area contributed by atoms with Gasteiger partial charge in [-0.25, -0.2) is 4.98 Å². The lowest BCUT2D eigenvalue weighted by Crippen LogP contribution is -2.12. The maximum absolute atomic E-state index is 12.7. The van der Waals surface area contributed by atoms with Gasteiger partial charge in [0.2, 0.25) is 5.95 Å². The van der Waals surface area contributed by atoms with Crippen molar-refractivity contribution in [2.24, 2.45) is 0 Å². The van der Waals surface area contributed by atoms with Crippen LogP contribution in [0.5, 0.6) is 0 Å². The van der Waals surface area contributed by atoms with Crippen molar-refractivity contribution in [2.75, 3.05) is 25.6 Å². The normalized spacial score (nSPS) is 11.6. The van der Waals surface area contributed by atoms with Gasteiger partial charge < -0.3 is 10.1 Å². The number of imidazole rings is 1. The number of rotatable bonds is 5. The summed E-state index contributed by atoms with van der Waals surface area (Å²) < 4.78 is 44.6. The molecule has 0 amide bonds. The van der Waals surface area contributed by atoms with Crippen molar-refractivity contribution in [3.63, 3.8) is 0 Å². The number of halogens is 3. The number of aromatic nitrogens is 2. The molecule has 1 N–H and O–H groups in total. The molecular weight excluding hydrogens is 271 g/mol. The van der Waals surface area contributed by atoms with E-state index in [1.54, 1.807) is 23.9 Å². The summed E-state index contributed by atoms with van der Waals surface area (Å²) in [5.41, 5.74) is -0.288. The number of benzene rings is 1. The average molecular weight is 285 g/mol. The number of anilines is 1. The number of nitrogens with zero attached hydrogens (tertiary/aromatic N) is 2. The van der Waals surface area contributed by atoms with E-state index in [0.717, 1.165) is 12.1 Å². The Labute approximate surface area is 114 Å². The molecule has 0 aliphatic heterocycles. The smallest absolute Gasteiger partial charge is 0.383 e. The van der Waals surface area contributed by atoms with Crippen LogP contribution in [0.2, 0.25) is 0 Å². The minimum Gasteiger partial charge on any atom is -0.383 e. The highest BCUT2D eigenvalue weighted by molar-refractivity contribution is 5.44. The minimum absolute atomic E-state index is 0.400. The topological polar surface area (TPSA) is 39.1 Å². The molecule has 0 radical (unpaired) electrons. The van der Waals surface area contributed by atoms with Gasteiger partial charge >= 0.3 is 6.18 Å². The summed E-state index contributed by atoms with van der Waals surface area (Å²) in [4.78, 5) is 4.07. The molecule has 0 spiro atoms. The van der Waals surface area contributed by atoms with Gasteiger partial charge in [0.25, 0.3) is 0 Å². The van der Waals surface area contributed by atoms with Crippen molar-refractivity contribution in [1.82, 2.24) is 9.55 Å². The summed E-state index contributed by atoms with van der Waals surface area (Å²) in [5, 5.41) is 3.00. The molecule has 4 nitrogen and oxygen atoms in total. The van der Waals surface area contributed by atoms with E-state index in [1.807, 2.05) is 0 Å². The second-order valence-corrected chi connectivity index (χ2v) is 4.09. The maximum Gasteiger partial charge on any atom is 0.416 e. The Hall–Kier alpha value is -2.02. The molecule has 0 bridgehead atoms. The van der Waals surface area contributed by atoms with Crippen LogP contribution in [0.1, 0.15) is 5.56 Å². The van der Waals surface area contributed by atoms with E-state index in [2.05, 4.69) is 10.3 Å². The molecule has 2 rings (SSSR count). The highest BCUT2D eigenvalue weighted by atomic mass is 19.4. The third kappa shape index (κ3) is 3.30. The zero-order valence-electron chi connectivity index (χ0n) is 10.8. The lowest BCUT2D eigenvalue weighted by Gasteiger charge is -2.12. The number of alkyl halides is 3. The molecule has 2 aromatic rings. The molecule has 1 aromatic heterocycles. The fraction of sp³-hybridized carbons (Fsp3) is 0.308. The molecule has 0 saturated heterocycles. The van der Waals surface area contributed by atoms with Gasteiger partial charge in [-0.2, -0.15) is 13.2 Å². The van der Waals surface area contributed by atoms with Crippen LogP contribution in [0.15, 0.2) is 36.7 Å². The molecule has 0 fully saturated rings. The van der Waals surface area contributed by atoms with Gasteiger partial charge in [0.1, 0.15) is 0 Å². The zero-order chi connectivity index (χ0) is 14.6. The van der Waals surface area contributed by atoms with E-state index in [9.17, 15) is 13.2 Å². The van der Waals surface area contributed by atoms with Crippen molar-refractivity contribution < 1.29 is 17.9 Å². The fourth-order valence-electron chi connectivity index (χ4n) is 1.74. The molecule has 0 aliphatic rings. The molecule has 20 heavy (non-hydrogen) atoms. The van der Waals surface area contributed by atoms with E-state index in [4.69, 9.17) is 4.74 Å². The molecule has 0 unspecified atom stereocenters. The number of ether oxygens (including phenoxy) is 1. The lowest BCUT2D eigenvalue weighted by molar-refractivity contribution is -0.137. The summed E-state index contributed by atoms with van der Waals surface area (Å²) in [5.74, 6) is 0.473. The van der Waals surface area contributed by atoms with Crippen LogP contribution in [-0.2, 0) is 10.9 Å². The van der Waals surface area contributed by atoms with Crippen molar-refractivity contribution in [3.8, 4) is 5.69 Å². The van der Waals surface area contributed by atoms with Gasteiger partial charge in [-0.05, 0) is 18.2 Å². The van der Waals surface area contributed by atoms with Crippen LogP contribution in [0.4, 0.5) is 19.1 Å². The predicted molar refractivity (Wildman–Crippen MR) is 68.9 cm³/mol. The van der Waals surface area contributed by atoms with Gasteiger partial charge in [0, 0.05) is 31.7 Å². The molecular formula is C13H14F3N3O. The highest BCUT2D eigenvalue weighted by Gasteiger charge is 2.30. The monoisotopic (exact) mass is 285 g/mol. The first-order chi connectivity index (χ1) is 9.52. The Balaban J connectivity index is 2.26. The van der Waals surface area contributed by atoms with Crippen LogP contribution in [0.3, 0.4) is 0 Å². The molecule has 1 heterocycles. The Morgan fingerprint density at radius 2 is 2.15 bits per heavy atom. The lowest BCUT2D eigenvalue weighted by atomic mass is 10.2. The third-order valence-electron chi connectivity index (χ3n) is 2.68. The summed E-state index contributed by atoms with van der Waals surface area (Å²) in [6, 6.07) is 5.09. The Morgan fingerprint density at radius 1 is 1.35 bits per heavy atom. The standard InChI is InChI=1S/C13H14F3N3O/c1-20-8-6-18-12-17-5-7-19(12)11-4-2-3-10(9-11)13(14,15)16/h2-5,7,9H,6,8H2,1H3,(H,17,18). The van der Waals surface area contributed by atoms with E-state index < -0.39 is 11.7 Å². The fourth-order valence-corrected chi connectivity index (χ4v) is 1.74. The van der Waals surface area contributed by atoms with Crippen LogP contribution in [0.25, 0.3) is 5.69 Å². The third-order valence-corrected chi connectivity index (χ3v) is 2.68. The van der Waals surface area contributed by atoms with Crippen molar-refractivity contribution in [2.45, 2.75) is 6.18 Å². The van der Waals surface area contributed by atoms with Crippen molar-refractivity contribution in [1.29, 1.82) is 0 Å². The number of hydrogen-bond donors (Lipinski definition) is 1. The first-order valence-electron chi connectivity index (χ1n) is 5.96. The van der Waals surface area contributed by atoms with Gasteiger partial charge in [0.05, 0.1) is 12.2 Å². The van der Waals surface area contributed by atoms with Gasteiger partial charge in [0.15, 0.2) is 0 Å². The predicted octanol–water partition coefficient (Wildman–Crippen LogP) is 2.95. The second kappa shape index (κ2) is 5.96. The van der Waals surface area contributed by atoms with Crippen molar-refractivity contribution in [3.05, 3.63) is 42.2 Å². The summed E-state index contributed by atoms with van der Waals surface area (Å²) in [6.07, 6.45) is -1.24. The Bertz CT molecular complexity index is 566. The second-order valence-electron chi connectivity index (χ2n) is 4.09. The Kier molecular flexibility index (Phi) is 4.29. The summed E-state index contributed by atoms with van der Waals surface area (Å²) >= 11 is 0. The van der Waals surface area contributed by atoms with Gasteiger partial charge in [-0.1, -0.05) is 6.07 Å². The summed E-state index contributed by atoms with van der Waals surface area (Å²) in [6.45, 7) is 1.00. The zero-order valence-corrected chi connectivity index (χ0v) is 10.8. The van der Waals surface area contributed by atoms with Crippen LogP contribution >= 0.6 is 0 Å². The van der Waals surface area contributed by atoms with E-state index in [1.165, 1.54) is 12.3 Å². The minimum atomic E-state index is -4.36. The van der Waals surface area contributed by atoms with Gasteiger partial charge in [-0.15, -0.1) is 0 Å². The summed E-state index contributed by atoms with van der Waals surface area (Å²) in [7, 11) is 1.57. The van der Waals surface area contributed by atoms with Crippen LogP contribution in [0, 0.1) is 0 Å². The largest absolute Gasteiger partial charge is 0.416 e. The van der Waals surface area contributed by atoms with E-state index >= 15 is 0 Å². The van der Waals surface area contributed by atoms with Crippen molar-refractivity contribution >= 4 is 5.95 Å². The molecule has 1 aromatic carbocycles. The SMILES string of the molecule is COCCNc1nccn1-c1cccc(C(F)(F)F)c1. The highest BCUT2D eigenvalue weighted by Crippen LogP contribution is 2.30.